The van der Waals surface area contributed by atoms with Crippen LogP contribution in [0.2, 0.25) is 0 Å². The first-order valence-electron chi connectivity index (χ1n) is 9.75. The quantitative estimate of drug-likeness (QED) is 0.615. The van der Waals surface area contributed by atoms with Crippen LogP contribution in [0.25, 0.3) is 10.8 Å². The maximum Gasteiger partial charge on any atom is 0.255 e. The number of amides is 2. The van der Waals surface area contributed by atoms with Gasteiger partial charge in [0, 0.05) is 11.8 Å². The zero-order valence-electron chi connectivity index (χ0n) is 17.6. The Kier molecular flexibility index (Phi) is 6.57. The van der Waals surface area contributed by atoms with Crippen molar-refractivity contribution in [2.24, 2.45) is 5.92 Å². The summed E-state index contributed by atoms with van der Waals surface area (Å²) in [6.45, 7) is 3.77. The molecule has 0 aliphatic carbocycles. The predicted octanol–water partition coefficient (Wildman–Crippen LogP) is 4.25. The van der Waals surface area contributed by atoms with E-state index >= 15 is 0 Å². The van der Waals surface area contributed by atoms with Crippen LogP contribution >= 0.6 is 0 Å². The van der Waals surface area contributed by atoms with Crippen molar-refractivity contribution in [3.63, 3.8) is 0 Å². The molecule has 0 bridgehead atoms. The molecular formula is C24H26N2O4. The lowest BCUT2D eigenvalue weighted by molar-refractivity contribution is -0.118. The highest BCUT2D eigenvalue weighted by Crippen LogP contribution is 2.25. The number of hydrogen-bond donors (Lipinski definition) is 2. The van der Waals surface area contributed by atoms with E-state index in [1.165, 1.54) is 7.11 Å². The fraction of sp³-hybridized carbons (Fsp3) is 0.250. The van der Waals surface area contributed by atoms with Crippen molar-refractivity contribution >= 4 is 28.3 Å². The zero-order chi connectivity index (χ0) is 21.7. The minimum absolute atomic E-state index is 0.112. The molecule has 3 aromatic carbocycles. The highest BCUT2D eigenvalue weighted by molar-refractivity contribution is 6.03. The van der Waals surface area contributed by atoms with E-state index in [4.69, 9.17) is 9.47 Å². The second-order valence-corrected chi connectivity index (χ2v) is 7.31. The Morgan fingerprint density at radius 3 is 2.27 bits per heavy atom. The fourth-order valence-corrected chi connectivity index (χ4v) is 3.23. The number of hydrogen-bond acceptors (Lipinski definition) is 4. The van der Waals surface area contributed by atoms with Crippen LogP contribution in [0.15, 0.2) is 60.7 Å². The zero-order valence-corrected chi connectivity index (χ0v) is 17.6. The summed E-state index contributed by atoms with van der Waals surface area (Å²) in [6, 6.07) is 17.9. The molecule has 156 valence electrons. The van der Waals surface area contributed by atoms with Crippen molar-refractivity contribution in [1.29, 1.82) is 0 Å². The summed E-state index contributed by atoms with van der Waals surface area (Å²) in [7, 11) is 3.03. The summed E-state index contributed by atoms with van der Waals surface area (Å²) in [6.07, 6.45) is 0. The average Bonchev–Trinajstić information content (AvgIpc) is 2.76. The van der Waals surface area contributed by atoms with Crippen LogP contribution in [0.1, 0.15) is 24.2 Å². The van der Waals surface area contributed by atoms with Gasteiger partial charge in [-0.2, -0.15) is 0 Å². The van der Waals surface area contributed by atoms with Crippen LogP contribution in [0.5, 0.6) is 11.5 Å². The first-order valence-corrected chi connectivity index (χ1v) is 9.75. The van der Waals surface area contributed by atoms with Crippen LogP contribution in [0.3, 0.4) is 0 Å². The van der Waals surface area contributed by atoms with Gasteiger partial charge in [0.05, 0.1) is 19.8 Å². The summed E-state index contributed by atoms with van der Waals surface area (Å²) in [5, 5.41) is 7.87. The van der Waals surface area contributed by atoms with Gasteiger partial charge in [-0.05, 0) is 41.0 Å². The summed E-state index contributed by atoms with van der Waals surface area (Å²) >= 11 is 0. The molecule has 2 amide bonds. The molecule has 0 aliphatic heterocycles. The number of carbonyl (C=O) groups excluding carboxylic acids is 2. The van der Waals surface area contributed by atoms with Gasteiger partial charge in [-0.15, -0.1) is 0 Å². The standard InChI is InChI=1S/C24H26N2O4/c1-15(2)22(26-23(27)20-12-11-19(29-3)14-21(20)30-4)24(28)25-18-10-9-16-7-5-6-8-17(16)13-18/h5-15,22H,1-4H3,(H,25,28)(H,26,27). The highest BCUT2D eigenvalue weighted by Gasteiger charge is 2.26. The van der Waals surface area contributed by atoms with Crippen LogP contribution in [-0.2, 0) is 4.79 Å². The Labute approximate surface area is 176 Å². The fourth-order valence-electron chi connectivity index (χ4n) is 3.23. The van der Waals surface area contributed by atoms with E-state index in [1.807, 2.05) is 56.3 Å². The van der Waals surface area contributed by atoms with Crippen molar-refractivity contribution in [3.8, 4) is 11.5 Å². The molecule has 1 atom stereocenters. The number of methoxy groups -OCH3 is 2. The van der Waals surface area contributed by atoms with Gasteiger partial charge in [-0.25, -0.2) is 0 Å². The Balaban J connectivity index is 1.77. The third kappa shape index (κ3) is 4.71. The molecule has 0 aromatic heterocycles. The molecule has 0 spiro atoms. The van der Waals surface area contributed by atoms with E-state index in [0.29, 0.717) is 22.7 Å². The summed E-state index contributed by atoms with van der Waals surface area (Å²) in [4.78, 5) is 25.8. The lowest BCUT2D eigenvalue weighted by atomic mass is 10.0. The SMILES string of the molecule is COc1ccc(C(=O)NC(C(=O)Nc2ccc3ccccc3c2)C(C)C)c(OC)c1. The summed E-state index contributed by atoms with van der Waals surface area (Å²) in [5.74, 6) is 0.184. The number of benzene rings is 3. The van der Waals surface area contributed by atoms with E-state index in [2.05, 4.69) is 10.6 Å². The Morgan fingerprint density at radius 1 is 0.867 bits per heavy atom. The second-order valence-electron chi connectivity index (χ2n) is 7.31. The van der Waals surface area contributed by atoms with Gasteiger partial charge in [0.1, 0.15) is 17.5 Å². The predicted molar refractivity (Wildman–Crippen MR) is 118 cm³/mol. The molecule has 2 N–H and O–H groups in total. The van der Waals surface area contributed by atoms with Crippen molar-refractivity contribution in [2.45, 2.75) is 19.9 Å². The van der Waals surface area contributed by atoms with E-state index in [-0.39, 0.29) is 17.7 Å². The van der Waals surface area contributed by atoms with Gasteiger partial charge >= 0.3 is 0 Å². The van der Waals surface area contributed by atoms with Crippen LogP contribution in [-0.4, -0.2) is 32.1 Å². The third-order valence-electron chi connectivity index (χ3n) is 4.91. The van der Waals surface area contributed by atoms with Gasteiger partial charge < -0.3 is 20.1 Å². The molecule has 0 aliphatic rings. The largest absolute Gasteiger partial charge is 0.497 e. The second kappa shape index (κ2) is 9.31. The van der Waals surface area contributed by atoms with Crippen LogP contribution in [0, 0.1) is 5.92 Å². The Bertz CT molecular complexity index is 1060. The van der Waals surface area contributed by atoms with Gasteiger partial charge in [0.2, 0.25) is 5.91 Å². The summed E-state index contributed by atoms with van der Waals surface area (Å²) < 4.78 is 10.5. The minimum Gasteiger partial charge on any atom is -0.497 e. The van der Waals surface area contributed by atoms with E-state index < -0.39 is 6.04 Å². The summed E-state index contributed by atoms with van der Waals surface area (Å²) in [5.41, 5.74) is 1.02. The van der Waals surface area contributed by atoms with Crippen molar-refractivity contribution in [1.82, 2.24) is 5.32 Å². The normalized spacial score (nSPS) is 11.8. The van der Waals surface area contributed by atoms with E-state index in [9.17, 15) is 9.59 Å². The van der Waals surface area contributed by atoms with Crippen molar-refractivity contribution in [3.05, 3.63) is 66.2 Å². The molecule has 0 fully saturated rings. The number of carbonyl (C=O) groups is 2. The molecule has 3 aromatic rings. The lowest BCUT2D eigenvalue weighted by Crippen LogP contribution is -2.47. The van der Waals surface area contributed by atoms with Gasteiger partial charge in [-0.1, -0.05) is 44.2 Å². The highest BCUT2D eigenvalue weighted by atomic mass is 16.5. The Morgan fingerprint density at radius 2 is 1.60 bits per heavy atom. The average molecular weight is 406 g/mol. The molecule has 6 heteroatoms. The lowest BCUT2D eigenvalue weighted by Gasteiger charge is -2.22. The molecule has 30 heavy (non-hydrogen) atoms. The molecule has 0 radical (unpaired) electrons. The monoisotopic (exact) mass is 406 g/mol. The van der Waals surface area contributed by atoms with Gasteiger partial charge in [-0.3, -0.25) is 9.59 Å². The molecule has 1 unspecified atom stereocenters. The maximum absolute atomic E-state index is 12.9. The number of fused-ring (bicyclic) bond motifs is 1. The first kappa shape index (κ1) is 21.2. The molecule has 0 saturated heterocycles. The van der Waals surface area contributed by atoms with E-state index in [1.54, 1.807) is 25.3 Å². The molecule has 3 rings (SSSR count). The van der Waals surface area contributed by atoms with Gasteiger partial charge in [0.15, 0.2) is 0 Å². The third-order valence-corrected chi connectivity index (χ3v) is 4.91. The first-order chi connectivity index (χ1) is 14.4. The minimum atomic E-state index is -0.712. The van der Waals surface area contributed by atoms with Crippen molar-refractivity contribution in [2.75, 3.05) is 19.5 Å². The van der Waals surface area contributed by atoms with Crippen LogP contribution < -0.4 is 20.1 Å². The number of nitrogens with one attached hydrogen (secondary N) is 2. The topological polar surface area (TPSA) is 76.7 Å². The molecule has 6 nitrogen and oxygen atoms in total. The van der Waals surface area contributed by atoms with E-state index in [0.717, 1.165) is 10.8 Å². The number of rotatable bonds is 7. The number of anilines is 1. The Hall–Kier alpha value is -3.54. The van der Waals surface area contributed by atoms with Crippen molar-refractivity contribution < 1.29 is 19.1 Å². The number of ether oxygens (including phenoxy) is 2. The maximum atomic E-state index is 12.9. The van der Waals surface area contributed by atoms with Gasteiger partial charge in [0.25, 0.3) is 5.91 Å². The van der Waals surface area contributed by atoms with Crippen LogP contribution in [0.4, 0.5) is 5.69 Å². The molecule has 0 saturated carbocycles. The molecule has 0 heterocycles. The molecular weight excluding hydrogens is 380 g/mol. The smallest absolute Gasteiger partial charge is 0.255 e.